The Kier molecular flexibility index (Phi) is 2.59. The normalized spacial score (nSPS) is 11.1. The van der Waals surface area contributed by atoms with E-state index in [0.717, 1.165) is 28.4 Å². The van der Waals surface area contributed by atoms with Gasteiger partial charge in [0, 0.05) is 28.7 Å². The van der Waals surface area contributed by atoms with Crippen molar-refractivity contribution >= 4 is 17.0 Å². The molecule has 0 amide bonds. The van der Waals surface area contributed by atoms with Gasteiger partial charge < -0.3 is 9.72 Å². The van der Waals surface area contributed by atoms with Gasteiger partial charge in [0.2, 0.25) is 6.20 Å². The fourth-order valence-corrected chi connectivity index (χ4v) is 1.53. The number of nitrogens with one attached hydrogen (secondary N) is 1. The molecule has 2 aromatic rings. The summed E-state index contributed by atoms with van der Waals surface area (Å²) in [6.45, 7) is 0. The second-order valence-corrected chi connectivity index (χ2v) is 3.26. The fourth-order valence-electron chi connectivity index (χ4n) is 1.53. The monoisotopic (exact) mass is 218 g/mol. The highest BCUT2D eigenvalue weighted by Gasteiger charge is 2.03. The summed E-state index contributed by atoms with van der Waals surface area (Å²) in [4.78, 5) is 12.8. The van der Waals surface area contributed by atoms with Gasteiger partial charge in [-0.3, -0.25) is 10.1 Å². The van der Waals surface area contributed by atoms with Gasteiger partial charge in [-0.25, -0.2) is 0 Å². The largest absolute Gasteiger partial charge is 0.497 e. The number of rotatable bonds is 3. The molecule has 0 radical (unpaired) electrons. The van der Waals surface area contributed by atoms with E-state index >= 15 is 0 Å². The zero-order chi connectivity index (χ0) is 11.5. The average molecular weight is 218 g/mol. The van der Waals surface area contributed by atoms with Crippen LogP contribution in [0.4, 0.5) is 0 Å². The average Bonchev–Trinajstić information content (AvgIpc) is 2.68. The van der Waals surface area contributed by atoms with Gasteiger partial charge >= 0.3 is 0 Å². The van der Waals surface area contributed by atoms with Gasteiger partial charge in [0.1, 0.15) is 5.75 Å². The molecule has 0 atom stereocenters. The van der Waals surface area contributed by atoms with Gasteiger partial charge in [-0.1, -0.05) is 0 Å². The smallest absolute Gasteiger partial charge is 0.235 e. The molecule has 1 heterocycles. The molecule has 0 bridgehead atoms. The molecule has 0 saturated carbocycles. The Morgan fingerprint density at radius 1 is 1.50 bits per heavy atom. The molecule has 1 aromatic carbocycles. The van der Waals surface area contributed by atoms with Crippen molar-refractivity contribution < 1.29 is 9.66 Å². The lowest BCUT2D eigenvalue weighted by Crippen LogP contribution is -1.83. The second kappa shape index (κ2) is 4.06. The number of nitro groups is 1. The molecular formula is C11H10N2O3. The van der Waals surface area contributed by atoms with Crippen LogP contribution in [0.1, 0.15) is 5.56 Å². The van der Waals surface area contributed by atoms with Gasteiger partial charge in [0.15, 0.2) is 0 Å². The Labute approximate surface area is 91.5 Å². The summed E-state index contributed by atoms with van der Waals surface area (Å²) in [5.74, 6) is 0.725. The van der Waals surface area contributed by atoms with Gasteiger partial charge in [-0.15, -0.1) is 0 Å². The van der Waals surface area contributed by atoms with E-state index in [1.807, 2.05) is 18.2 Å². The first-order valence-corrected chi connectivity index (χ1v) is 4.67. The highest BCUT2D eigenvalue weighted by molar-refractivity contribution is 5.89. The van der Waals surface area contributed by atoms with Crippen molar-refractivity contribution in [2.24, 2.45) is 0 Å². The lowest BCUT2D eigenvalue weighted by Gasteiger charge is -1.98. The minimum atomic E-state index is -0.487. The number of aromatic amines is 1. The lowest BCUT2D eigenvalue weighted by atomic mass is 10.1. The maximum atomic E-state index is 10.2. The molecule has 5 nitrogen and oxygen atoms in total. The first kappa shape index (κ1) is 10.2. The number of methoxy groups -OCH3 is 1. The molecule has 0 aliphatic heterocycles. The zero-order valence-corrected chi connectivity index (χ0v) is 8.64. The predicted octanol–water partition coefficient (Wildman–Crippen LogP) is 2.42. The van der Waals surface area contributed by atoms with Crippen LogP contribution in [-0.4, -0.2) is 17.0 Å². The molecule has 0 saturated heterocycles. The van der Waals surface area contributed by atoms with Crippen molar-refractivity contribution in [3.05, 3.63) is 46.3 Å². The molecular weight excluding hydrogens is 208 g/mol. The van der Waals surface area contributed by atoms with Crippen LogP contribution in [0.2, 0.25) is 0 Å². The Bertz CT molecular complexity index is 557. The Morgan fingerprint density at radius 2 is 2.31 bits per heavy atom. The molecule has 0 aliphatic rings. The SMILES string of the molecule is COc1ccc2[nH]cc(/C=C/[N+](=O)[O-])c2c1. The van der Waals surface area contributed by atoms with E-state index in [0.29, 0.717) is 0 Å². The zero-order valence-electron chi connectivity index (χ0n) is 8.64. The van der Waals surface area contributed by atoms with Crippen molar-refractivity contribution in [2.75, 3.05) is 7.11 Å². The van der Waals surface area contributed by atoms with Crippen molar-refractivity contribution in [1.82, 2.24) is 4.98 Å². The van der Waals surface area contributed by atoms with Crippen LogP contribution in [0.5, 0.6) is 5.75 Å². The summed E-state index contributed by atoms with van der Waals surface area (Å²) in [5.41, 5.74) is 1.69. The molecule has 5 heteroatoms. The maximum absolute atomic E-state index is 10.2. The molecule has 82 valence electrons. The Hall–Kier alpha value is -2.30. The Balaban J connectivity index is 2.49. The lowest BCUT2D eigenvalue weighted by molar-refractivity contribution is -0.400. The van der Waals surface area contributed by atoms with Crippen LogP contribution in [-0.2, 0) is 0 Å². The van der Waals surface area contributed by atoms with Gasteiger partial charge in [-0.05, 0) is 18.2 Å². The van der Waals surface area contributed by atoms with Crippen LogP contribution in [0.25, 0.3) is 17.0 Å². The summed E-state index contributed by atoms with van der Waals surface area (Å²) in [6, 6.07) is 5.54. The van der Waals surface area contributed by atoms with Crippen molar-refractivity contribution in [3.63, 3.8) is 0 Å². The summed E-state index contributed by atoms with van der Waals surface area (Å²) in [6.07, 6.45) is 4.10. The fraction of sp³-hybridized carbons (Fsp3) is 0.0909. The van der Waals surface area contributed by atoms with Crippen molar-refractivity contribution in [3.8, 4) is 5.75 Å². The summed E-state index contributed by atoms with van der Waals surface area (Å²) >= 11 is 0. The van der Waals surface area contributed by atoms with Crippen LogP contribution < -0.4 is 4.74 Å². The summed E-state index contributed by atoms with van der Waals surface area (Å²) in [5, 5.41) is 11.1. The third-order valence-corrected chi connectivity index (χ3v) is 2.30. The molecule has 0 fully saturated rings. The molecule has 1 aromatic heterocycles. The van der Waals surface area contributed by atoms with Gasteiger partial charge in [0.05, 0.1) is 12.0 Å². The quantitative estimate of drug-likeness (QED) is 0.635. The maximum Gasteiger partial charge on any atom is 0.235 e. The molecule has 0 aliphatic carbocycles. The number of H-pyrrole nitrogens is 1. The van der Waals surface area contributed by atoms with E-state index in [4.69, 9.17) is 4.74 Å². The van der Waals surface area contributed by atoms with E-state index in [1.54, 1.807) is 13.3 Å². The van der Waals surface area contributed by atoms with Crippen LogP contribution in [0.15, 0.2) is 30.6 Å². The van der Waals surface area contributed by atoms with Crippen molar-refractivity contribution in [2.45, 2.75) is 0 Å². The molecule has 0 unspecified atom stereocenters. The van der Waals surface area contributed by atoms with Crippen LogP contribution in [0.3, 0.4) is 0 Å². The number of fused-ring (bicyclic) bond motifs is 1. The number of hydrogen-bond acceptors (Lipinski definition) is 3. The first-order chi connectivity index (χ1) is 7.70. The number of aromatic nitrogens is 1. The number of hydrogen-bond donors (Lipinski definition) is 1. The van der Waals surface area contributed by atoms with Crippen LogP contribution >= 0.6 is 0 Å². The van der Waals surface area contributed by atoms with E-state index in [1.165, 1.54) is 6.08 Å². The van der Waals surface area contributed by atoms with Crippen molar-refractivity contribution in [1.29, 1.82) is 0 Å². The van der Waals surface area contributed by atoms with E-state index in [-0.39, 0.29) is 0 Å². The first-order valence-electron chi connectivity index (χ1n) is 4.67. The van der Waals surface area contributed by atoms with E-state index < -0.39 is 4.92 Å². The van der Waals surface area contributed by atoms with Crippen LogP contribution in [0, 0.1) is 10.1 Å². The second-order valence-electron chi connectivity index (χ2n) is 3.26. The summed E-state index contributed by atoms with van der Waals surface area (Å²) in [7, 11) is 1.58. The molecule has 2 rings (SSSR count). The summed E-state index contributed by atoms with van der Waals surface area (Å²) < 4.78 is 5.10. The third-order valence-electron chi connectivity index (χ3n) is 2.30. The highest BCUT2D eigenvalue weighted by atomic mass is 16.6. The topological polar surface area (TPSA) is 68.2 Å². The Morgan fingerprint density at radius 3 is 3.00 bits per heavy atom. The predicted molar refractivity (Wildman–Crippen MR) is 60.9 cm³/mol. The number of benzene rings is 1. The molecule has 16 heavy (non-hydrogen) atoms. The van der Waals surface area contributed by atoms with E-state index in [2.05, 4.69) is 4.98 Å². The van der Waals surface area contributed by atoms with Gasteiger partial charge in [0.25, 0.3) is 0 Å². The minimum absolute atomic E-state index is 0.487. The minimum Gasteiger partial charge on any atom is -0.497 e. The number of ether oxygens (including phenoxy) is 1. The number of nitrogens with zero attached hydrogens (tertiary/aromatic N) is 1. The van der Waals surface area contributed by atoms with E-state index in [9.17, 15) is 10.1 Å². The third kappa shape index (κ3) is 1.88. The van der Waals surface area contributed by atoms with Gasteiger partial charge in [-0.2, -0.15) is 0 Å². The molecule has 0 spiro atoms. The molecule has 1 N–H and O–H groups in total. The standard InChI is InChI=1S/C11H10N2O3/c1-16-9-2-3-11-10(6-9)8(7-12-11)4-5-13(14)15/h2-7,12H,1H3/b5-4+. The highest BCUT2D eigenvalue weighted by Crippen LogP contribution is 2.24.